The van der Waals surface area contributed by atoms with Crippen LogP contribution in [0.2, 0.25) is 0 Å². The Morgan fingerprint density at radius 2 is 1.67 bits per heavy atom. The third-order valence-corrected chi connectivity index (χ3v) is 5.45. The Hall–Kier alpha value is 0.700. The molecule has 68 valence electrons. The van der Waals surface area contributed by atoms with Crippen molar-refractivity contribution in [3.8, 4) is 0 Å². The molecule has 3 heteroatoms. The van der Waals surface area contributed by atoms with Crippen LogP contribution in [0, 0.1) is 6.08 Å². The molecular formula is C9H15S3+. The molecule has 0 amide bonds. The van der Waals surface area contributed by atoms with Crippen molar-refractivity contribution >= 4 is 35.3 Å². The zero-order valence-corrected chi connectivity index (χ0v) is 10.3. The molecule has 0 aromatic carbocycles. The van der Waals surface area contributed by atoms with Crippen molar-refractivity contribution in [1.82, 2.24) is 0 Å². The predicted molar refractivity (Wildman–Crippen MR) is 63.9 cm³/mol. The molecule has 0 fully saturated rings. The minimum Gasteiger partial charge on any atom is -0.0751 e. The molecule has 0 aliphatic heterocycles. The molecule has 0 spiro atoms. The lowest BCUT2D eigenvalue weighted by molar-refractivity contribution is 1.42. The van der Waals surface area contributed by atoms with Crippen LogP contribution in [0.5, 0.6) is 0 Å². The van der Waals surface area contributed by atoms with Crippen LogP contribution in [-0.2, 0) is 0 Å². The van der Waals surface area contributed by atoms with E-state index in [4.69, 9.17) is 0 Å². The van der Waals surface area contributed by atoms with Crippen LogP contribution in [0.4, 0.5) is 0 Å². The van der Waals surface area contributed by atoms with Gasteiger partial charge in [-0.15, -0.1) is 0 Å². The molecule has 0 bridgehead atoms. The van der Waals surface area contributed by atoms with Crippen LogP contribution < -0.4 is 0 Å². The van der Waals surface area contributed by atoms with Gasteiger partial charge in [-0.1, -0.05) is 56.1 Å². The fourth-order valence-electron chi connectivity index (χ4n) is 1.05. The van der Waals surface area contributed by atoms with Crippen LogP contribution >= 0.6 is 35.3 Å². The molecule has 0 aromatic heterocycles. The topological polar surface area (TPSA) is 0 Å². The van der Waals surface area contributed by atoms with Crippen LogP contribution in [0.25, 0.3) is 0 Å². The van der Waals surface area contributed by atoms with E-state index in [1.54, 1.807) is 0 Å². The number of hydrogen-bond acceptors (Lipinski definition) is 3. The average molecular weight is 219 g/mol. The highest BCUT2D eigenvalue weighted by Gasteiger charge is 2.65. The van der Waals surface area contributed by atoms with E-state index in [1.807, 2.05) is 35.3 Å². The average Bonchev–Trinajstić information content (AvgIpc) is 2.66. The molecule has 0 unspecified atom stereocenters. The minimum atomic E-state index is 0.282. The lowest BCUT2D eigenvalue weighted by Crippen LogP contribution is -2.02. The third-order valence-electron chi connectivity index (χ3n) is 1.50. The first-order valence-corrected chi connectivity index (χ1v) is 7.31. The number of rotatable bonds is 6. The van der Waals surface area contributed by atoms with E-state index in [-0.39, 0.29) is 4.08 Å². The van der Waals surface area contributed by atoms with Gasteiger partial charge in [-0.2, -0.15) is 0 Å². The molecule has 1 aliphatic rings. The largest absolute Gasteiger partial charge is 0.356 e. The van der Waals surface area contributed by atoms with Gasteiger partial charge in [0.15, 0.2) is 0 Å². The normalized spacial score (nSPS) is 18.4. The molecule has 0 aromatic rings. The summed E-state index contributed by atoms with van der Waals surface area (Å²) in [4.78, 5) is 1.48. The Bertz CT molecular complexity index is 169. The standard InChI is InChI=1S/C9H15S3/c1-4-10-8-7-9(8,11-5-2)12-6-3/h4-6H2,1-3H3/q+1. The second kappa shape index (κ2) is 4.80. The fraction of sp³-hybridized carbons (Fsp3) is 0.778. The van der Waals surface area contributed by atoms with Gasteiger partial charge in [0.25, 0.3) is 6.08 Å². The van der Waals surface area contributed by atoms with Gasteiger partial charge in [0.05, 0.1) is 0 Å². The van der Waals surface area contributed by atoms with Crippen molar-refractivity contribution in [3.05, 3.63) is 11.0 Å². The summed E-state index contributed by atoms with van der Waals surface area (Å²) >= 11 is 5.97. The van der Waals surface area contributed by atoms with E-state index >= 15 is 0 Å². The van der Waals surface area contributed by atoms with Crippen molar-refractivity contribution in [3.63, 3.8) is 0 Å². The predicted octanol–water partition coefficient (Wildman–Crippen LogP) is 3.64. The Labute approximate surface area is 88.3 Å². The van der Waals surface area contributed by atoms with Gasteiger partial charge in [-0.3, -0.25) is 0 Å². The molecule has 0 N–H and O–H groups in total. The lowest BCUT2D eigenvalue weighted by Gasteiger charge is -2.01. The fourth-order valence-corrected chi connectivity index (χ4v) is 5.05. The Balaban J connectivity index is 2.35. The molecule has 12 heavy (non-hydrogen) atoms. The molecule has 1 aliphatic carbocycles. The summed E-state index contributed by atoms with van der Waals surface area (Å²) < 4.78 is 0.282. The third kappa shape index (κ3) is 2.35. The first-order chi connectivity index (χ1) is 5.79. The summed E-state index contributed by atoms with van der Waals surface area (Å²) in [5, 5.41) is 0. The highest BCUT2D eigenvalue weighted by Crippen LogP contribution is 2.58. The van der Waals surface area contributed by atoms with Gasteiger partial charge in [-0.25, -0.2) is 0 Å². The van der Waals surface area contributed by atoms with Gasteiger partial charge < -0.3 is 0 Å². The van der Waals surface area contributed by atoms with Gasteiger partial charge in [0, 0.05) is 0 Å². The van der Waals surface area contributed by atoms with Gasteiger partial charge in [-0.05, 0) is 17.3 Å². The van der Waals surface area contributed by atoms with Crippen LogP contribution in [-0.4, -0.2) is 21.3 Å². The highest BCUT2D eigenvalue weighted by atomic mass is 32.2. The summed E-state index contributed by atoms with van der Waals surface area (Å²) in [5.74, 6) is 3.56. The molecule has 1 rings (SSSR count). The summed E-state index contributed by atoms with van der Waals surface area (Å²) in [6.07, 6.45) is 3.49. The zero-order valence-electron chi connectivity index (χ0n) is 7.85. The van der Waals surface area contributed by atoms with E-state index in [0.717, 1.165) is 0 Å². The quantitative estimate of drug-likeness (QED) is 0.494. The smallest absolute Gasteiger partial charge is 0.0751 e. The molecule has 0 heterocycles. The van der Waals surface area contributed by atoms with Crippen molar-refractivity contribution in [2.75, 3.05) is 17.3 Å². The first kappa shape index (κ1) is 10.8. The van der Waals surface area contributed by atoms with Crippen molar-refractivity contribution in [1.29, 1.82) is 0 Å². The maximum atomic E-state index is 3.49. The molecule has 0 saturated carbocycles. The van der Waals surface area contributed by atoms with E-state index in [9.17, 15) is 0 Å². The van der Waals surface area contributed by atoms with Gasteiger partial charge >= 0.3 is 8.98 Å². The zero-order chi connectivity index (χ0) is 9.03. The first-order valence-electron chi connectivity index (χ1n) is 4.35. The second-order valence-corrected chi connectivity index (χ2v) is 6.86. The number of hydrogen-bond donors (Lipinski definition) is 0. The van der Waals surface area contributed by atoms with Crippen molar-refractivity contribution in [2.24, 2.45) is 0 Å². The van der Waals surface area contributed by atoms with Crippen molar-refractivity contribution < 1.29 is 0 Å². The number of thioether (sulfide) groups is 3. The molecule has 0 saturated heterocycles. The summed E-state index contributed by atoms with van der Waals surface area (Å²) in [6.45, 7) is 6.64. The van der Waals surface area contributed by atoms with Crippen LogP contribution in [0.1, 0.15) is 20.8 Å². The Morgan fingerprint density at radius 1 is 1.08 bits per heavy atom. The monoisotopic (exact) mass is 219 g/mol. The van der Waals surface area contributed by atoms with Crippen LogP contribution in [0.3, 0.4) is 0 Å². The summed E-state index contributed by atoms with van der Waals surface area (Å²) in [6, 6.07) is 0. The summed E-state index contributed by atoms with van der Waals surface area (Å²) in [7, 11) is 0. The van der Waals surface area contributed by atoms with E-state index in [2.05, 4.69) is 26.8 Å². The van der Waals surface area contributed by atoms with E-state index < -0.39 is 0 Å². The van der Waals surface area contributed by atoms with Crippen molar-refractivity contribution in [2.45, 2.75) is 24.9 Å². The molecule has 0 radical (unpaired) electrons. The minimum absolute atomic E-state index is 0.282. The SMILES string of the molecule is CCSC1=[C+]C1(SCC)SCC. The summed E-state index contributed by atoms with van der Waals surface area (Å²) in [5.41, 5.74) is 0. The highest BCUT2D eigenvalue weighted by molar-refractivity contribution is 8.21. The molecule has 0 nitrogen and oxygen atoms in total. The second-order valence-electron chi connectivity index (χ2n) is 2.37. The lowest BCUT2D eigenvalue weighted by atomic mass is 10.8. The Kier molecular flexibility index (Phi) is 4.31. The van der Waals surface area contributed by atoms with Gasteiger partial charge in [0.2, 0.25) is 0 Å². The van der Waals surface area contributed by atoms with E-state index in [0.29, 0.717) is 0 Å². The molecule has 0 atom stereocenters. The van der Waals surface area contributed by atoms with E-state index in [1.165, 1.54) is 22.2 Å². The van der Waals surface area contributed by atoms with Gasteiger partial charge in [0.1, 0.15) is 0 Å². The molecular weight excluding hydrogens is 204 g/mol. The van der Waals surface area contributed by atoms with Crippen LogP contribution in [0.15, 0.2) is 4.91 Å². The Morgan fingerprint density at radius 3 is 2.08 bits per heavy atom. The maximum Gasteiger partial charge on any atom is 0.356 e. The maximum absolute atomic E-state index is 3.49.